The molecule has 1 aromatic rings. The molecule has 1 fully saturated rings. The van der Waals surface area contributed by atoms with Crippen LogP contribution in [0.1, 0.15) is 12.5 Å². The van der Waals surface area contributed by atoms with Crippen molar-refractivity contribution in [2.45, 2.75) is 25.3 Å². The van der Waals surface area contributed by atoms with Gasteiger partial charge in [0.1, 0.15) is 5.75 Å². The average Bonchev–Trinajstić information content (AvgIpc) is 2.53. The number of ether oxygens (including phenoxy) is 2. The van der Waals surface area contributed by atoms with Crippen molar-refractivity contribution >= 4 is 11.8 Å². The smallest absolute Gasteiger partial charge is 0.419 e. The van der Waals surface area contributed by atoms with E-state index in [2.05, 4.69) is 0 Å². The zero-order valence-electron chi connectivity index (χ0n) is 12.9. The van der Waals surface area contributed by atoms with E-state index in [1.807, 2.05) is 0 Å². The molecule has 1 aromatic carbocycles. The maximum Gasteiger partial charge on any atom is 0.419 e. The van der Waals surface area contributed by atoms with Crippen molar-refractivity contribution in [1.29, 1.82) is 0 Å². The Morgan fingerprint density at radius 3 is 2.67 bits per heavy atom. The first-order valence-electron chi connectivity index (χ1n) is 7.22. The lowest BCUT2D eigenvalue weighted by atomic mass is 10.2. The third kappa shape index (κ3) is 4.16. The first-order valence-corrected chi connectivity index (χ1v) is 7.22. The molecule has 1 saturated heterocycles. The lowest BCUT2D eigenvalue weighted by molar-refractivity contribution is -0.151. The minimum absolute atomic E-state index is 0.0528. The molecule has 0 radical (unpaired) electrons. The molecule has 0 bridgehead atoms. The van der Waals surface area contributed by atoms with E-state index in [0.29, 0.717) is 0 Å². The molecule has 2 amide bonds. The van der Waals surface area contributed by atoms with Crippen molar-refractivity contribution in [1.82, 2.24) is 4.90 Å². The number of hydrogen-bond donors (Lipinski definition) is 1. The molecule has 2 atom stereocenters. The summed E-state index contributed by atoms with van der Waals surface area (Å²) in [4.78, 5) is 24.8. The number of hydrogen-bond acceptors (Lipinski definition) is 4. The molecule has 0 unspecified atom stereocenters. The summed E-state index contributed by atoms with van der Waals surface area (Å²) >= 11 is 0. The first-order chi connectivity index (χ1) is 11.2. The largest absolute Gasteiger partial charge is 0.480 e. The summed E-state index contributed by atoms with van der Waals surface area (Å²) in [7, 11) is 0. The fraction of sp³-hybridized carbons (Fsp3) is 0.467. The lowest BCUT2D eigenvalue weighted by Crippen LogP contribution is -2.53. The van der Waals surface area contributed by atoms with E-state index >= 15 is 0 Å². The molecule has 0 saturated carbocycles. The zero-order chi connectivity index (χ0) is 17.9. The van der Waals surface area contributed by atoms with Gasteiger partial charge in [-0.05, 0) is 19.1 Å². The van der Waals surface area contributed by atoms with Gasteiger partial charge in [0.15, 0.2) is 12.2 Å². The first kappa shape index (κ1) is 18.1. The van der Waals surface area contributed by atoms with Crippen LogP contribution in [0.5, 0.6) is 5.75 Å². The van der Waals surface area contributed by atoms with Crippen LogP contribution in [0, 0.1) is 0 Å². The van der Waals surface area contributed by atoms with Gasteiger partial charge in [-0.3, -0.25) is 9.59 Å². The van der Waals surface area contributed by atoms with Gasteiger partial charge in [0.25, 0.3) is 5.91 Å². The van der Waals surface area contributed by atoms with Crippen LogP contribution in [-0.2, 0) is 20.5 Å². The second-order valence-corrected chi connectivity index (χ2v) is 5.30. The molecule has 1 heterocycles. The number of carbonyl (C=O) groups excluding carboxylic acids is 2. The summed E-state index contributed by atoms with van der Waals surface area (Å²) in [5, 5.41) is 0. The Kier molecular flexibility index (Phi) is 5.33. The van der Waals surface area contributed by atoms with Gasteiger partial charge >= 0.3 is 6.18 Å². The summed E-state index contributed by atoms with van der Waals surface area (Å²) in [6.45, 7) is 1.62. The van der Waals surface area contributed by atoms with Crippen molar-refractivity contribution in [3.05, 3.63) is 29.8 Å². The molecule has 9 heteroatoms. The number of carbonyl (C=O) groups is 2. The molecular formula is C15H17F3N2O4. The molecule has 0 aromatic heterocycles. The van der Waals surface area contributed by atoms with Crippen LogP contribution in [0.2, 0.25) is 0 Å². The van der Waals surface area contributed by atoms with E-state index in [4.69, 9.17) is 15.2 Å². The number of morpholine rings is 1. The van der Waals surface area contributed by atoms with E-state index in [0.717, 1.165) is 12.1 Å². The number of primary amides is 1. The number of para-hydroxylation sites is 1. The highest BCUT2D eigenvalue weighted by molar-refractivity contribution is 5.83. The topological polar surface area (TPSA) is 81.9 Å². The Hall–Kier alpha value is -2.29. The Bertz CT molecular complexity index is 621. The van der Waals surface area contributed by atoms with Crippen LogP contribution >= 0.6 is 0 Å². The number of rotatable bonds is 4. The van der Waals surface area contributed by atoms with Gasteiger partial charge in [-0.15, -0.1) is 0 Å². The predicted octanol–water partition coefficient (Wildman–Crippen LogP) is 1.19. The summed E-state index contributed by atoms with van der Waals surface area (Å²) in [5.41, 5.74) is 4.18. The van der Waals surface area contributed by atoms with E-state index in [-0.39, 0.29) is 19.7 Å². The molecule has 24 heavy (non-hydrogen) atoms. The highest BCUT2D eigenvalue weighted by Gasteiger charge is 2.36. The number of alkyl halides is 3. The van der Waals surface area contributed by atoms with Crippen LogP contribution in [0.25, 0.3) is 0 Å². The highest BCUT2D eigenvalue weighted by Crippen LogP contribution is 2.36. The Labute approximate surface area is 136 Å². The van der Waals surface area contributed by atoms with Gasteiger partial charge in [0.05, 0.1) is 18.7 Å². The fourth-order valence-electron chi connectivity index (χ4n) is 2.32. The molecule has 0 aliphatic carbocycles. The van der Waals surface area contributed by atoms with Crippen molar-refractivity contribution in [2.24, 2.45) is 5.73 Å². The van der Waals surface area contributed by atoms with Crippen LogP contribution in [-0.4, -0.2) is 48.6 Å². The van der Waals surface area contributed by atoms with Gasteiger partial charge in [0.2, 0.25) is 5.91 Å². The zero-order valence-corrected chi connectivity index (χ0v) is 12.9. The van der Waals surface area contributed by atoms with Crippen LogP contribution < -0.4 is 10.5 Å². The molecule has 6 nitrogen and oxygen atoms in total. The maximum atomic E-state index is 13.0. The number of halogens is 3. The van der Waals surface area contributed by atoms with E-state index in [1.54, 1.807) is 0 Å². The van der Waals surface area contributed by atoms with Crippen LogP contribution in [0.3, 0.4) is 0 Å². The molecule has 2 rings (SSSR count). The molecule has 2 N–H and O–H groups in total. The van der Waals surface area contributed by atoms with Gasteiger partial charge in [0, 0.05) is 6.54 Å². The van der Waals surface area contributed by atoms with Crippen LogP contribution in [0.4, 0.5) is 13.2 Å². The lowest BCUT2D eigenvalue weighted by Gasteiger charge is -2.33. The summed E-state index contributed by atoms with van der Waals surface area (Å²) < 4.78 is 49.2. The SMILES string of the molecule is C[C@@H](Oc1ccccc1C(F)(F)F)C(=O)N1CCO[C@H](C(N)=O)C1. The third-order valence-corrected chi connectivity index (χ3v) is 3.54. The standard InChI is InChI=1S/C15H17F3N2O4/c1-9(14(22)20-6-7-23-12(8-20)13(19)21)24-11-5-3-2-4-10(11)15(16,17)18/h2-5,9,12H,6-8H2,1H3,(H2,19,21)/t9-,12+/m1/s1. The van der Waals surface area contributed by atoms with Gasteiger partial charge in [-0.1, -0.05) is 12.1 Å². The normalized spacial score (nSPS) is 19.7. The second kappa shape index (κ2) is 7.08. The molecule has 1 aliphatic heterocycles. The Balaban J connectivity index is 2.09. The minimum Gasteiger partial charge on any atom is -0.480 e. The van der Waals surface area contributed by atoms with E-state index in [1.165, 1.54) is 24.0 Å². The average molecular weight is 346 g/mol. The fourth-order valence-corrected chi connectivity index (χ4v) is 2.32. The monoisotopic (exact) mass is 346 g/mol. The Morgan fingerprint density at radius 2 is 2.04 bits per heavy atom. The predicted molar refractivity (Wildman–Crippen MR) is 77.0 cm³/mol. The maximum absolute atomic E-state index is 13.0. The van der Waals surface area contributed by atoms with Crippen molar-refractivity contribution in [3.8, 4) is 5.75 Å². The van der Waals surface area contributed by atoms with Gasteiger partial charge in [-0.25, -0.2) is 0 Å². The summed E-state index contributed by atoms with van der Waals surface area (Å²) in [6.07, 6.45) is -6.67. The van der Waals surface area contributed by atoms with E-state index < -0.39 is 41.5 Å². The minimum atomic E-state index is -4.59. The number of nitrogens with two attached hydrogens (primary N) is 1. The van der Waals surface area contributed by atoms with Crippen molar-refractivity contribution in [3.63, 3.8) is 0 Å². The second-order valence-electron chi connectivity index (χ2n) is 5.30. The molecule has 132 valence electrons. The van der Waals surface area contributed by atoms with Crippen LogP contribution in [0.15, 0.2) is 24.3 Å². The number of amides is 2. The van der Waals surface area contributed by atoms with Crippen molar-refractivity contribution < 1.29 is 32.2 Å². The number of benzene rings is 1. The number of nitrogens with zero attached hydrogens (tertiary/aromatic N) is 1. The van der Waals surface area contributed by atoms with E-state index in [9.17, 15) is 22.8 Å². The molecular weight excluding hydrogens is 329 g/mol. The highest BCUT2D eigenvalue weighted by atomic mass is 19.4. The van der Waals surface area contributed by atoms with Gasteiger partial charge < -0.3 is 20.1 Å². The van der Waals surface area contributed by atoms with Crippen molar-refractivity contribution in [2.75, 3.05) is 19.7 Å². The summed E-state index contributed by atoms with van der Waals surface area (Å²) in [5.74, 6) is -1.67. The molecule has 0 spiro atoms. The third-order valence-electron chi connectivity index (χ3n) is 3.54. The summed E-state index contributed by atoms with van der Waals surface area (Å²) in [6, 6.07) is 4.66. The molecule has 1 aliphatic rings. The van der Waals surface area contributed by atoms with Gasteiger partial charge in [-0.2, -0.15) is 13.2 Å². The Morgan fingerprint density at radius 1 is 1.38 bits per heavy atom. The quantitative estimate of drug-likeness (QED) is 0.888.